The molecule has 9 aromatic carbocycles. The van der Waals surface area contributed by atoms with Crippen LogP contribution >= 0.6 is 11.3 Å². The van der Waals surface area contributed by atoms with Crippen molar-refractivity contribution in [1.29, 1.82) is 0 Å². The van der Waals surface area contributed by atoms with Crippen molar-refractivity contribution in [2.24, 2.45) is 0 Å². The van der Waals surface area contributed by atoms with E-state index in [1.165, 1.54) is 103 Å². The normalized spacial score (nSPS) is 11.9. The standard InChI is InChI=1S/C54H34N2S/c1-3-16-35(17-4-1)38-20-7-8-21-40(38)44-32-33-49(54-52(44)46-24-11-14-29-51(46)57-54)56-48-28-13-9-22-41(48)43-31-30-36(34-50(43)56)39-25-15-26-45-42-23-10-12-27-47(42)55(53(39)45)37-18-5-2-6-19-37/h1-34H. The molecule has 57 heavy (non-hydrogen) atoms. The molecule has 3 aromatic heterocycles. The number of thiophene rings is 1. The zero-order valence-electron chi connectivity index (χ0n) is 30.9. The maximum atomic E-state index is 2.52. The molecule has 3 heteroatoms. The van der Waals surface area contributed by atoms with E-state index in [1.807, 2.05) is 11.3 Å². The fourth-order valence-corrected chi connectivity index (χ4v) is 10.5. The Balaban J connectivity index is 1.15. The molecular weight excluding hydrogens is 709 g/mol. The summed E-state index contributed by atoms with van der Waals surface area (Å²) in [5.41, 5.74) is 14.6. The van der Waals surface area contributed by atoms with E-state index < -0.39 is 0 Å². The molecule has 12 aromatic rings. The third kappa shape index (κ3) is 4.83. The molecule has 0 saturated carbocycles. The Hall–Kier alpha value is -7.20. The Kier molecular flexibility index (Phi) is 7.13. The Morgan fingerprint density at radius 1 is 0.333 bits per heavy atom. The SMILES string of the molecule is c1ccc(-c2ccccc2-c2ccc(-n3c4ccccc4c4ccc(-c5cccc6c7ccccc7n(-c7ccccc7)c56)cc43)c3sc4ccccc4c23)cc1. The number of hydrogen-bond acceptors (Lipinski definition) is 1. The summed E-state index contributed by atoms with van der Waals surface area (Å²) in [7, 11) is 0. The molecule has 0 radical (unpaired) electrons. The monoisotopic (exact) mass is 742 g/mol. The van der Waals surface area contributed by atoms with Gasteiger partial charge in [0, 0.05) is 48.3 Å². The number of aromatic nitrogens is 2. The summed E-state index contributed by atoms with van der Waals surface area (Å²) < 4.78 is 7.54. The van der Waals surface area contributed by atoms with Gasteiger partial charge in [-0.25, -0.2) is 0 Å². The molecule has 0 bridgehead atoms. The highest BCUT2D eigenvalue weighted by Gasteiger charge is 2.22. The van der Waals surface area contributed by atoms with Crippen LogP contribution in [0.3, 0.4) is 0 Å². The smallest absolute Gasteiger partial charge is 0.0641 e. The van der Waals surface area contributed by atoms with E-state index in [2.05, 4.69) is 215 Å². The second kappa shape index (κ2) is 12.7. The lowest BCUT2D eigenvalue weighted by atomic mass is 9.91. The molecular formula is C54H34N2S. The minimum absolute atomic E-state index is 1.16. The van der Waals surface area contributed by atoms with Gasteiger partial charge in [0.15, 0.2) is 0 Å². The predicted octanol–water partition coefficient (Wildman–Crippen LogP) is 15.2. The van der Waals surface area contributed by atoms with E-state index in [-0.39, 0.29) is 0 Å². The second-order valence-corrected chi connectivity index (χ2v) is 15.9. The van der Waals surface area contributed by atoms with Crippen molar-refractivity contribution in [3.8, 4) is 44.8 Å². The van der Waals surface area contributed by atoms with Gasteiger partial charge in [-0.05, 0) is 70.3 Å². The molecule has 266 valence electrons. The first-order valence-corrected chi connectivity index (χ1v) is 20.3. The number of nitrogens with zero attached hydrogens (tertiary/aromatic N) is 2. The topological polar surface area (TPSA) is 9.86 Å². The number of fused-ring (bicyclic) bond motifs is 9. The van der Waals surface area contributed by atoms with Gasteiger partial charge in [0.05, 0.1) is 32.5 Å². The van der Waals surface area contributed by atoms with Crippen molar-refractivity contribution in [1.82, 2.24) is 9.13 Å². The maximum Gasteiger partial charge on any atom is 0.0641 e. The summed E-state index contributed by atoms with van der Waals surface area (Å²) >= 11 is 1.89. The summed E-state index contributed by atoms with van der Waals surface area (Å²) in [6.45, 7) is 0. The predicted molar refractivity (Wildman–Crippen MR) is 244 cm³/mol. The molecule has 0 aliphatic heterocycles. The molecule has 3 heterocycles. The van der Waals surface area contributed by atoms with Gasteiger partial charge in [-0.3, -0.25) is 0 Å². The minimum Gasteiger partial charge on any atom is -0.309 e. The highest BCUT2D eigenvalue weighted by atomic mass is 32.1. The zero-order chi connectivity index (χ0) is 37.5. The lowest BCUT2D eigenvalue weighted by Crippen LogP contribution is -1.97. The van der Waals surface area contributed by atoms with Gasteiger partial charge in [-0.1, -0.05) is 164 Å². The Morgan fingerprint density at radius 2 is 0.930 bits per heavy atom. The van der Waals surface area contributed by atoms with Gasteiger partial charge in [0.25, 0.3) is 0 Å². The number of benzene rings is 9. The Labute approximate surface area is 333 Å². The average molecular weight is 743 g/mol. The highest BCUT2D eigenvalue weighted by molar-refractivity contribution is 7.26. The summed E-state index contributed by atoms with van der Waals surface area (Å²) in [5, 5.41) is 7.61. The quantitative estimate of drug-likeness (QED) is 0.166. The maximum absolute atomic E-state index is 2.52. The van der Waals surface area contributed by atoms with E-state index in [0.29, 0.717) is 0 Å². The fraction of sp³-hybridized carbons (Fsp3) is 0. The summed E-state index contributed by atoms with van der Waals surface area (Å²) in [4.78, 5) is 0. The van der Waals surface area contributed by atoms with Gasteiger partial charge >= 0.3 is 0 Å². The highest BCUT2D eigenvalue weighted by Crippen LogP contribution is 2.47. The van der Waals surface area contributed by atoms with Gasteiger partial charge in [-0.15, -0.1) is 11.3 Å². The van der Waals surface area contributed by atoms with Crippen molar-refractivity contribution in [3.63, 3.8) is 0 Å². The Morgan fingerprint density at radius 3 is 1.74 bits per heavy atom. The van der Waals surface area contributed by atoms with Crippen LogP contribution in [0.5, 0.6) is 0 Å². The number of rotatable bonds is 5. The van der Waals surface area contributed by atoms with Crippen LogP contribution in [0.1, 0.15) is 0 Å². The van der Waals surface area contributed by atoms with Crippen LogP contribution in [-0.4, -0.2) is 9.13 Å². The van der Waals surface area contributed by atoms with E-state index in [4.69, 9.17) is 0 Å². The molecule has 0 amide bonds. The van der Waals surface area contributed by atoms with E-state index >= 15 is 0 Å². The first-order chi connectivity index (χ1) is 28.3. The second-order valence-electron chi connectivity index (χ2n) is 14.8. The van der Waals surface area contributed by atoms with E-state index in [1.54, 1.807) is 0 Å². The first-order valence-electron chi connectivity index (χ1n) is 19.5. The van der Waals surface area contributed by atoms with Gasteiger partial charge in [0.2, 0.25) is 0 Å². The zero-order valence-corrected chi connectivity index (χ0v) is 31.7. The van der Waals surface area contributed by atoms with E-state index in [9.17, 15) is 0 Å². The summed E-state index contributed by atoms with van der Waals surface area (Å²) in [5.74, 6) is 0. The molecule has 0 aliphatic rings. The molecule has 0 unspecified atom stereocenters. The molecule has 12 rings (SSSR count). The Bertz CT molecular complexity index is 3510. The lowest BCUT2D eigenvalue weighted by molar-refractivity contribution is 1.18. The van der Waals surface area contributed by atoms with Crippen molar-refractivity contribution >= 4 is 75.1 Å². The molecule has 0 N–H and O–H groups in total. The third-order valence-corrected chi connectivity index (χ3v) is 12.9. The van der Waals surface area contributed by atoms with Gasteiger partial charge < -0.3 is 9.13 Å². The molecule has 0 spiro atoms. The molecule has 0 atom stereocenters. The van der Waals surface area contributed by atoms with Crippen LogP contribution in [0.25, 0.3) is 109 Å². The molecule has 0 fully saturated rings. The number of para-hydroxylation sites is 4. The molecule has 0 saturated heterocycles. The van der Waals surface area contributed by atoms with Gasteiger partial charge in [0.1, 0.15) is 0 Å². The first kappa shape index (κ1) is 32.1. The van der Waals surface area contributed by atoms with Crippen LogP contribution in [-0.2, 0) is 0 Å². The largest absolute Gasteiger partial charge is 0.309 e. The average Bonchev–Trinajstić information content (AvgIpc) is 3.95. The van der Waals surface area contributed by atoms with Crippen LogP contribution in [0, 0.1) is 0 Å². The third-order valence-electron chi connectivity index (χ3n) is 11.7. The van der Waals surface area contributed by atoms with Crippen molar-refractivity contribution in [3.05, 3.63) is 206 Å². The van der Waals surface area contributed by atoms with Crippen molar-refractivity contribution in [2.75, 3.05) is 0 Å². The van der Waals surface area contributed by atoms with Crippen LogP contribution in [0.4, 0.5) is 0 Å². The number of hydrogen-bond donors (Lipinski definition) is 0. The van der Waals surface area contributed by atoms with Crippen LogP contribution in [0.15, 0.2) is 206 Å². The summed E-state index contributed by atoms with van der Waals surface area (Å²) in [6, 6.07) is 75.6. The lowest BCUT2D eigenvalue weighted by Gasteiger charge is -2.16. The van der Waals surface area contributed by atoms with E-state index in [0.717, 1.165) is 5.69 Å². The van der Waals surface area contributed by atoms with Crippen molar-refractivity contribution in [2.45, 2.75) is 0 Å². The van der Waals surface area contributed by atoms with Crippen LogP contribution in [0.2, 0.25) is 0 Å². The minimum atomic E-state index is 1.16. The van der Waals surface area contributed by atoms with Gasteiger partial charge in [-0.2, -0.15) is 0 Å². The molecule has 2 nitrogen and oxygen atoms in total. The fourth-order valence-electron chi connectivity index (χ4n) is 9.30. The van der Waals surface area contributed by atoms with Crippen molar-refractivity contribution < 1.29 is 0 Å². The van der Waals surface area contributed by atoms with Crippen LogP contribution < -0.4 is 0 Å². The summed E-state index contributed by atoms with van der Waals surface area (Å²) in [6.07, 6.45) is 0. The molecule has 0 aliphatic carbocycles.